The summed E-state index contributed by atoms with van der Waals surface area (Å²) < 4.78 is 27.9. The third-order valence-electron chi connectivity index (χ3n) is 4.75. The number of rotatable bonds is 9. The first kappa shape index (κ1) is 21.6. The Balaban J connectivity index is 2.89. The average Bonchev–Trinajstić information content (AvgIpc) is 2.57. The van der Waals surface area contributed by atoms with Gasteiger partial charge in [-0.15, -0.1) is 0 Å². The summed E-state index contributed by atoms with van der Waals surface area (Å²) in [7, 11) is 2.02. The van der Waals surface area contributed by atoms with Gasteiger partial charge < -0.3 is 9.80 Å². The predicted octanol–water partition coefficient (Wildman–Crippen LogP) is 2.31. The SMILES string of the molecule is CCC(CC)C(CNS(=O)(=O)c1ccc(N(C)C(C)=O)cc1)N(C)C. The van der Waals surface area contributed by atoms with Crippen LogP contribution in [0.15, 0.2) is 29.2 Å². The summed E-state index contributed by atoms with van der Waals surface area (Å²) in [6.45, 7) is 6.09. The van der Waals surface area contributed by atoms with Crippen molar-refractivity contribution in [1.29, 1.82) is 0 Å². The first-order valence-corrected chi connectivity index (χ1v) is 10.1. The molecule has 6 nitrogen and oxygen atoms in total. The molecule has 0 aliphatic heterocycles. The molecule has 0 radical (unpaired) electrons. The molecule has 1 N–H and O–H groups in total. The van der Waals surface area contributed by atoms with Crippen LogP contribution < -0.4 is 9.62 Å². The van der Waals surface area contributed by atoms with Gasteiger partial charge in [-0.2, -0.15) is 0 Å². The van der Waals surface area contributed by atoms with E-state index in [2.05, 4.69) is 23.5 Å². The molecule has 0 bridgehead atoms. The lowest BCUT2D eigenvalue weighted by molar-refractivity contribution is -0.116. The Hall–Kier alpha value is -1.44. The van der Waals surface area contributed by atoms with E-state index < -0.39 is 10.0 Å². The molecule has 142 valence electrons. The van der Waals surface area contributed by atoms with Crippen LogP contribution in [-0.4, -0.2) is 53.0 Å². The standard InChI is InChI=1S/C18H31N3O3S/c1-7-15(8-2)18(20(4)5)13-19-25(23,24)17-11-9-16(10-12-17)21(6)14(3)22/h9-12,15,18-19H,7-8,13H2,1-6H3. The lowest BCUT2D eigenvalue weighted by Gasteiger charge is -2.31. The molecule has 0 heterocycles. The highest BCUT2D eigenvalue weighted by Crippen LogP contribution is 2.19. The second kappa shape index (κ2) is 9.31. The van der Waals surface area contributed by atoms with Crippen LogP contribution in [-0.2, 0) is 14.8 Å². The lowest BCUT2D eigenvalue weighted by Crippen LogP contribution is -2.44. The molecule has 0 aromatic heterocycles. The van der Waals surface area contributed by atoms with Crippen molar-refractivity contribution < 1.29 is 13.2 Å². The molecule has 0 saturated heterocycles. The summed E-state index contributed by atoms with van der Waals surface area (Å²) in [5.74, 6) is 0.331. The molecule has 1 unspecified atom stereocenters. The molecule has 1 amide bonds. The number of likely N-dealkylation sites (N-methyl/N-ethyl adjacent to an activating group) is 1. The van der Waals surface area contributed by atoms with Crippen LogP contribution in [0, 0.1) is 5.92 Å². The Morgan fingerprint density at radius 1 is 1.08 bits per heavy atom. The Kier molecular flexibility index (Phi) is 8.05. The first-order valence-electron chi connectivity index (χ1n) is 8.64. The molecular formula is C18H31N3O3S. The molecule has 0 aliphatic carbocycles. The van der Waals surface area contributed by atoms with Crippen LogP contribution in [0.5, 0.6) is 0 Å². The van der Waals surface area contributed by atoms with Gasteiger partial charge in [-0.1, -0.05) is 26.7 Å². The minimum atomic E-state index is -3.58. The maximum atomic E-state index is 12.6. The highest BCUT2D eigenvalue weighted by molar-refractivity contribution is 7.89. The monoisotopic (exact) mass is 369 g/mol. The van der Waals surface area contributed by atoms with Crippen molar-refractivity contribution in [3.05, 3.63) is 24.3 Å². The summed E-state index contributed by atoms with van der Waals surface area (Å²) in [6.07, 6.45) is 2.01. The number of hydrogen-bond donors (Lipinski definition) is 1. The Labute approximate surface area is 152 Å². The van der Waals surface area contributed by atoms with Gasteiger partial charge in [-0.3, -0.25) is 4.79 Å². The molecule has 25 heavy (non-hydrogen) atoms. The van der Waals surface area contributed by atoms with Crippen molar-refractivity contribution in [2.24, 2.45) is 5.92 Å². The lowest BCUT2D eigenvalue weighted by atomic mass is 9.93. The van der Waals surface area contributed by atoms with E-state index in [4.69, 9.17) is 0 Å². The number of anilines is 1. The number of sulfonamides is 1. The molecule has 1 aromatic rings. The van der Waals surface area contributed by atoms with E-state index in [1.807, 2.05) is 14.1 Å². The van der Waals surface area contributed by atoms with Gasteiger partial charge in [0.15, 0.2) is 0 Å². The van der Waals surface area contributed by atoms with Crippen molar-refractivity contribution in [2.45, 2.75) is 44.6 Å². The normalized spacial score (nSPS) is 13.3. The van der Waals surface area contributed by atoms with Crippen molar-refractivity contribution in [3.63, 3.8) is 0 Å². The van der Waals surface area contributed by atoms with Crippen molar-refractivity contribution in [3.8, 4) is 0 Å². The van der Waals surface area contributed by atoms with Crippen molar-refractivity contribution in [1.82, 2.24) is 9.62 Å². The van der Waals surface area contributed by atoms with Gasteiger partial charge in [0.1, 0.15) is 0 Å². The Morgan fingerprint density at radius 3 is 2.00 bits per heavy atom. The molecule has 0 saturated carbocycles. The van der Waals surface area contributed by atoms with E-state index in [9.17, 15) is 13.2 Å². The minimum Gasteiger partial charge on any atom is -0.316 e. The van der Waals surface area contributed by atoms with Gasteiger partial charge in [0.2, 0.25) is 15.9 Å². The second-order valence-corrected chi connectivity index (χ2v) is 8.30. The van der Waals surface area contributed by atoms with Crippen LogP contribution >= 0.6 is 0 Å². The fourth-order valence-electron chi connectivity index (χ4n) is 2.91. The quantitative estimate of drug-likeness (QED) is 0.725. The molecular weight excluding hydrogens is 338 g/mol. The minimum absolute atomic E-state index is 0.104. The van der Waals surface area contributed by atoms with Crippen LogP contribution in [0.3, 0.4) is 0 Å². The van der Waals surface area contributed by atoms with Crippen LogP contribution in [0.1, 0.15) is 33.6 Å². The summed E-state index contributed by atoms with van der Waals surface area (Å²) in [4.78, 5) is 15.1. The number of carbonyl (C=O) groups excluding carboxylic acids is 1. The van der Waals surface area contributed by atoms with Gasteiger partial charge in [-0.05, 0) is 44.3 Å². The van der Waals surface area contributed by atoms with E-state index in [1.54, 1.807) is 19.2 Å². The number of hydrogen-bond acceptors (Lipinski definition) is 4. The zero-order valence-corrected chi connectivity index (χ0v) is 16.9. The van der Waals surface area contributed by atoms with E-state index in [0.29, 0.717) is 18.2 Å². The average molecular weight is 370 g/mol. The molecule has 7 heteroatoms. The largest absolute Gasteiger partial charge is 0.316 e. The zero-order chi connectivity index (χ0) is 19.2. The summed E-state index contributed by atoms with van der Waals surface area (Å²) in [6, 6.07) is 6.48. The van der Waals surface area contributed by atoms with Crippen LogP contribution in [0.25, 0.3) is 0 Å². The third-order valence-corrected chi connectivity index (χ3v) is 6.18. The Morgan fingerprint density at radius 2 is 1.60 bits per heavy atom. The van der Waals surface area contributed by atoms with Crippen molar-refractivity contribution >= 4 is 21.6 Å². The number of amides is 1. The summed E-state index contributed by atoms with van der Waals surface area (Å²) in [5.41, 5.74) is 0.662. The maximum Gasteiger partial charge on any atom is 0.240 e. The highest BCUT2D eigenvalue weighted by atomic mass is 32.2. The van der Waals surface area contributed by atoms with Crippen LogP contribution in [0.2, 0.25) is 0 Å². The summed E-state index contributed by atoms with van der Waals surface area (Å²) in [5, 5.41) is 0. The van der Waals surface area contributed by atoms with Gasteiger partial charge in [0.25, 0.3) is 0 Å². The third kappa shape index (κ3) is 5.80. The van der Waals surface area contributed by atoms with Gasteiger partial charge >= 0.3 is 0 Å². The number of nitrogens with zero attached hydrogens (tertiary/aromatic N) is 2. The number of nitrogens with one attached hydrogen (secondary N) is 1. The van der Waals surface area contributed by atoms with E-state index in [0.717, 1.165) is 12.8 Å². The summed E-state index contributed by atoms with van der Waals surface area (Å²) >= 11 is 0. The first-order chi connectivity index (χ1) is 11.6. The topological polar surface area (TPSA) is 69.7 Å². The molecule has 0 aliphatic rings. The highest BCUT2D eigenvalue weighted by Gasteiger charge is 2.23. The molecule has 0 fully saturated rings. The second-order valence-electron chi connectivity index (χ2n) is 6.53. The van der Waals surface area contributed by atoms with E-state index >= 15 is 0 Å². The van der Waals surface area contributed by atoms with Gasteiger partial charge in [0, 0.05) is 32.2 Å². The maximum absolute atomic E-state index is 12.6. The smallest absolute Gasteiger partial charge is 0.240 e. The number of benzene rings is 1. The molecule has 1 aromatic carbocycles. The van der Waals surface area contributed by atoms with E-state index in [1.165, 1.54) is 24.0 Å². The van der Waals surface area contributed by atoms with Gasteiger partial charge in [-0.25, -0.2) is 13.1 Å². The molecule has 0 spiro atoms. The zero-order valence-electron chi connectivity index (χ0n) is 16.1. The fourth-order valence-corrected chi connectivity index (χ4v) is 3.96. The molecule has 1 atom stereocenters. The van der Waals surface area contributed by atoms with E-state index in [-0.39, 0.29) is 16.8 Å². The fraction of sp³-hybridized carbons (Fsp3) is 0.611. The van der Waals surface area contributed by atoms with Crippen molar-refractivity contribution in [2.75, 3.05) is 32.6 Å². The predicted molar refractivity (Wildman–Crippen MR) is 102 cm³/mol. The molecule has 1 rings (SSSR count). The Bertz CT molecular complexity index is 653. The van der Waals surface area contributed by atoms with Crippen LogP contribution in [0.4, 0.5) is 5.69 Å². The van der Waals surface area contributed by atoms with Gasteiger partial charge in [0.05, 0.1) is 4.90 Å². The number of carbonyl (C=O) groups is 1.